The van der Waals surface area contributed by atoms with Crippen LogP contribution in [0.25, 0.3) is 0 Å². The van der Waals surface area contributed by atoms with Crippen molar-refractivity contribution in [2.24, 2.45) is 0 Å². The molecule has 5 nitrogen and oxygen atoms in total. The van der Waals surface area contributed by atoms with E-state index in [9.17, 15) is 4.79 Å². The Labute approximate surface area is 141 Å². The number of carbonyl (C=O) groups excluding carboxylic acids is 1. The Bertz CT molecular complexity index is 469. The van der Waals surface area contributed by atoms with Crippen molar-refractivity contribution in [1.29, 1.82) is 0 Å². The molecule has 0 aromatic heterocycles. The minimum atomic E-state index is -0.318. The van der Waals surface area contributed by atoms with E-state index in [0.717, 1.165) is 36.4 Å². The third kappa shape index (κ3) is 6.66. The van der Waals surface area contributed by atoms with Crippen LogP contribution < -0.4 is 15.0 Å². The predicted octanol–water partition coefficient (Wildman–Crippen LogP) is 2.83. The molecule has 0 amide bonds. The first-order valence-corrected chi connectivity index (χ1v) is 8.07. The summed E-state index contributed by atoms with van der Waals surface area (Å²) in [6, 6.07) is 6.24. The predicted molar refractivity (Wildman–Crippen MR) is 92.7 cm³/mol. The van der Waals surface area contributed by atoms with Crippen LogP contribution in [-0.2, 0) is 9.53 Å². The van der Waals surface area contributed by atoms with Crippen LogP contribution in [0.4, 0.5) is 5.69 Å². The Morgan fingerprint density at radius 1 is 1.27 bits per heavy atom. The lowest BCUT2D eigenvalue weighted by atomic mass is 10.2. The average Bonchev–Trinajstić information content (AvgIpc) is 2.48. The summed E-state index contributed by atoms with van der Waals surface area (Å²) < 4.78 is 10.8. The Balaban J connectivity index is 0.000000295. The van der Waals surface area contributed by atoms with Gasteiger partial charge in [0.2, 0.25) is 0 Å². The number of halogens is 1. The number of nitrogens with zero attached hydrogens (tertiary/aromatic N) is 1. The zero-order valence-corrected chi connectivity index (χ0v) is 15.3. The molecule has 22 heavy (non-hydrogen) atoms. The zero-order chi connectivity index (χ0) is 16.6. The van der Waals surface area contributed by atoms with Crippen LogP contribution in [-0.4, -0.2) is 45.4 Å². The summed E-state index contributed by atoms with van der Waals surface area (Å²) in [6.07, 6.45) is 0. The number of piperazine rings is 1. The van der Waals surface area contributed by atoms with Crippen molar-refractivity contribution in [2.75, 3.05) is 38.2 Å². The molecule has 1 aromatic carbocycles. The maximum absolute atomic E-state index is 9.60. The van der Waals surface area contributed by atoms with Crippen LogP contribution in [0.3, 0.4) is 0 Å². The molecule has 0 unspecified atom stereocenters. The van der Waals surface area contributed by atoms with Gasteiger partial charge in [0.15, 0.2) is 0 Å². The van der Waals surface area contributed by atoms with Gasteiger partial charge in [-0.3, -0.25) is 4.79 Å². The van der Waals surface area contributed by atoms with E-state index in [-0.39, 0.29) is 5.60 Å². The smallest absolute Gasteiger partial charge is 0.293 e. The lowest BCUT2D eigenvalue weighted by Gasteiger charge is -2.29. The van der Waals surface area contributed by atoms with Crippen molar-refractivity contribution in [3.8, 4) is 5.75 Å². The van der Waals surface area contributed by atoms with Crippen molar-refractivity contribution >= 4 is 28.1 Å². The molecule has 1 N–H and O–H groups in total. The fourth-order valence-corrected chi connectivity index (χ4v) is 2.32. The van der Waals surface area contributed by atoms with Gasteiger partial charge in [-0.05, 0) is 48.8 Å². The molecule has 0 atom stereocenters. The van der Waals surface area contributed by atoms with Gasteiger partial charge in [0.1, 0.15) is 11.4 Å². The van der Waals surface area contributed by atoms with Gasteiger partial charge in [-0.25, -0.2) is 0 Å². The van der Waals surface area contributed by atoms with Gasteiger partial charge in [-0.15, -0.1) is 0 Å². The first-order chi connectivity index (χ1) is 10.4. The summed E-state index contributed by atoms with van der Waals surface area (Å²) in [6.45, 7) is 10.1. The normalized spacial score (nSPS) is 14.7. The summed E-state index contributed by atoms with van der Waals surface area (Å²) in [5, 5.41) is 3.34. The van der Waals surface area contributed by atoms with E-state index in [2.05, 4.69) is 43.0 Å². The monoisotopic (exact) mass is 372 g/mol. The minimum absolute atomic E-state index is 0.318. The second kappa shape index (κ2) is 9.00. The standard InChI is InChI=1S/C11H15BrN2O.C5H10O2/c1-15-11-8-9(2-3-10(11)12)14-6-4-13-5-7-14;1-5(2,3)7-4-6/h2-3,8,13H,4-7H2,1H3;4H,1-3H3. The van der Waals surface area contributed by atoms with Gasteiger partial charge in [-0.1, -0.05) is 0 Å². The molecule has 1 aliphatic rings. The first kappa shape index (κ1) is 18.8. The second-order valence-corrected chi connectivity index (χ2v) is 6.74. The maximum atomic E-state index is 9.60. The van der Waals surface area contributed by atoms with E-state index in [1.54, 1.807) is 7.11 Å². The molecule has 0 bridgehead atoms. The molecule has 1 aliphatic heterocycles. The number of rotatable bonds is 3. The van der Waals surface area contributed by atoms with Crippen LogP contribution in [0.2, 0.25) is 0 Å². The molecule has 1 fully saturated rings. The van der Waals surface area contributed by atoms with Crippen molar-refractivity contribution in [3.63, 3.8) is 0 Å². The summed E-state index contributed by atoms with van der Waals surface area (Å²) in [5.41, 5.74) is 0.915. The SMILES string of the molecule is CC(C)(C)OC=O.COc1cc(N2CCNCC2)ccc1Br. The molecule has 1 saturated heterocycles. The number of hydrogen-bond donors (Lipinski definition) is 1. The van der Waals surface area contributed by atoms with Gasteiger partial charge in [0.25, 0.3) is 6.47 Å². The number of hydrogen-bond acceptors (Lipinski definition) is 5. The van der Waals surface area contributed by atoms with E-state index in [1.807, 2.05) is 26.8 Å². The second-order valence-electron chi connectivity index (χ2n) is 5.88. The summed E-state index contributed by atoms with van der Waals surface area (Å²) in [4.78, 5) is 12.0. The molecular formula is C16H25BrN2O3. The van der Waals surface area contributed by atoms with Gasteiger partial charge in [-0.2, -0.15) is 0 Å². The van der Waals surface area contributed by atoms with E-state index in [1.165, 1.54) is 5.69 Å². The Hall–Kier alpha value is -1.27. The molecule has 124 valence electrons. The highest BCUT2D eigenvalue weighted by atomic mass is 79.9. The summed E-state index contributed by atoms with van der Waals surface area (Å²) in [5.74, 6) is 0.894. The number of methoxy groups -OCH3 is 1. The first-order valence-electron chi connectivity index (χ1n) is 7.28. The molecule has 0 saturated carbocycles. The lowest BCUT2D eigenvalue weighted by molar-refractivity contribution is -0.138. The maximum Gasteiger partial charge on any atom is 0.293 e. The summed E-state index contributed by atoms with van der Waals surface area (Å²) >= 11 is 3.46. The largest absolute Gasteiger partial charge is 0.495 e. The highest BCUT2D eigenvalue weighted by molar-refractivity contribution is 9.10. The molecular weight excluding hydrogens is 348 g/mol. The molecule has 0 aliphatic carbocycles. The molecule has 0 radical (unpaired) electrons. The Morgan fingerprint density at radius 2 is 1.91 bits per heavy atom. The Kier molecular flexibility index (Phi) is 7.68. The Morgan fingerprint density at radius 3 is 2.36 bits per heavy atom. The molecule has 2 rings (SSSR count). The fourth-order valence-electron chi connectivity index (χ4n) is 1.91. The van der Waals surface area contributed by atoms with Crippen LogP contribution in [0.1, 0.15) is 20.8 Å². The molecule has 1 aromatic rings. The zero-order valence-electron chi connectivity index (χ0n) is 13.7. The molecule has 0 spiro atoms. The van der Waals surface area contributed by atoms with Crippen LogP contribution >= 0.6 is 15.9 Å². The van der Waals surface area contributed by atoms with Crippen molar-refractivity contribution < 1.29 is 14.3 Å². The summed E-state index contributed by atoms with van der Waals surface area (Å²) in [7, 11) is 1.70. The van der Waals surface area contributed by atoms with E-state index >= 15 is 0 Å². The van der Waals surface area contributed by atoms with Crippen LogP contribution in [0, 0.1) is 0 Å². The number of carbonyl (C=O) groups is 1. The van der Waals surface area contributed by atoms with Crippen LogP contribution in [0.5, 0.6) is 5.75 Å². The average molecular weight is 373 g/mol. The number of nitrogens with one attached hydrogen (secondary N) is 1. The van der Waals surface area contributed by atoms with Gasteiger partial charge < -0.3 is 19.7 Å². The number of anilines is 1. The van der Waals surface area contributed by atoms with Gasteiger partial charge >= 0.3 is 0 Å². The van der Waals surface area contributed by atoms with Crippen molar-refractivity contribution in [3.05, 3.63) is 22.7 Å². The van der Waals surface area contributed by atoms with Gasteiger partial charge in [0, 0.05) is 37.9 Å². The lowest BCUT2D eigenvalue weighted by Crippen LogP contribution is -2.43. The third-order valence-corrected chi connectivity index (χ3v) is 3.67. The molecule has 6 heteroatoms. The van der Waals surface area contributed by atoms with E-state index < -0.39 is 0 Å². The number of benzene rings is 1. The highest BCUT2D eigenvalue weighted by Gasteiger charge is 2.11. The topological polar surface area (TPSA) is 50.8 Å². The van der Waals surface area contributed by atoms with Crippen LogP contribution in [0.15, 0.2) is 22.7 Å². The molecule has 1 heterocycles. The number of ether oxygens (including phenoxy) is 2. The fraction of sp³-hybridized carbons (Fsp3) is 0.562. The van der Waals surface area contributed by atoms with Crippen molar-refractivity contribution in [1.82, 2.24) is 5.32 Å². The quantitative estimate of drug-likeness (QED) is 0.826. The van der Waals surface area contributed by atoms with E-state index in [4.69, 9.17) is 4.74 Å². The van der Waals surface area contributed by atoms with E-state index in [0.29, 0.717) is 6.47 Å². The van der Waals surface area contributed by atoms with Gasteiger partial charge in [0.05, 0.1) is 11.6 Å². The minimum Gasteiger partial charge on any atom is -0.495 e. The highest BCUT2D eigenvalue weighted by Crippen LogP contribution is 2.29. The third-order valence-electron chi connectivity index (χ3n) is 3.02. The van der Waals surface area contributed by atoms with Crippen molar-refractivity contribution in [2.45, 2.75) is 26.4 Å².